The monoisotopic (exact) mass is 540 g/mol. The molecule has 7 rings (SSSR count). The lowest BCUT2D eigenvalue weighted by atomic mass is 9.99. The van der Waals surface area contributed by atoms with Crippen LogP contribution in [-0.4, -0.2) is 61.3 Å². The van der Waals surface area contributed by atoms with Crippen molar-refractivity contribution in [2.45, 2.75) is 51.6 Å². The van der Waals surface area contributed by atoms with Crippen molar-refractivity contribution in [3.8, 4) is 0 Å². The van der Waals surface area contributed by atoms with Gasteiger partial charge in [0, 0.05) is 37.1 Å². The summed E-state index contributed by atoms with van der Waals surface area (Å²) in [4.78, 5) is 26.5. The number of pyridine rings is 1. The number of para-hydroxylation sites is 1. The maximum absolute atomic E-state index is 13.7. The predicted molar refractivity (Wildman–Crippen MR) is 155 cm³/mol. The van der Waals surface area contributed by atoms with Crippen LogP contribution < -0.4 is 10.5 Å². The summed E-state index contributed by atoms with van der Waals surface area (Å²) < 4.78 is 3.21. The first-order valence-electron chi connectivity index (χ1n) is 13.8. The fraction of sp³-hybridized carbons (Fsp3) is 0.414. The number of aromatic nitrogens is 6. The van der Waals surface area contributed by atoms with E-state index in [2.05, 4.69) is 73.6 Å². The Labute approximate surface area is 230 Å². The van der Waals surface area contributed by atoms with E-state index in [1.165, 1.54) is 17.5 Å². The lowest BCUT2D eigenvalue weighted by Gasteiger charge is -2.38. The zero-order valence-electron chi connectivity index (χ0n) is 22.3. The Bertz CT molecular complexity index is 1670. The molecule has 10 heteroatoms. The largest absolute Gasteiger partial charge is 0.345 e. The molecule has 9 nitrogen and oxygen atoms in total. The summed E-state index contributed by atoms with van der Waals surface area (Å²) in [6, 6.07) is 14.5. The first-order valence-corrected chi connectivity index (χ1v) is 14.6. The van der Waals surface area contributed by atoms with Crippen molar-refractivity contribution in [3.05, 3.63) is 75.3 Å². The van der Waals surface area contributed by atoms with Crippen LogP contribution in [0.3, 0.4) is 0 Å². The Kier molecular flexibility index (Phi) is 6.16. The topological polar surface area (TPSA) is 95.8 Å². The molecule has 2 fully saturated rings. The molecule has 0 radical (unpaired) electrons. The van der Waals surface area contributed by atoms with Crippen molar-refractivity contribution in [2.75, 3.05) is 31.1 Å². The maximum atomic E-state index is 13.7. The molecule has 1 saturated heterocycles. The van der Waals surface area contributed by atoms with Gasteiger partial charge in [-0.25, -0.2) is 9.67 Å². The van der Waals surface area contributed by atoms with E-state index in [1.54, 1.807) is 11.3 Å². The van der Waals surface area contributed by atoms with Crippen LogP contribution >= 0.6 is 11.3 Å². The Balaban J connectivity index is 1.27. The van der Waals surface area contributed by atoms with Gasteiger partial charge in [-0.15, -0.1) is 5.10 Å². The Morgan fingerprint density at radius 3 is 2.56 bits per heavy atom. The van der Waals surface area contributed by atoms with Gasteiger partial charge < -0.3 is 9.88 Å². The minimum Gasteiger partial charge on any atom is -0.345 e. The van der Waals surface area contributed by atoms with Gasteiger partial charge in [0.05, 0.1) is 21.8 Å². The number of piperazine rings is 1. The second kappa shape index (κ2) is 9.84. The van der Waals surface area contributed by atoms with E-state index in [4.69, 9.17) is 4.98 Å². The molecule has 0 amide bonds. The first-order chi connectivity index (χ1) is 19.1. The number of tetrazole rings is 1. The van der Waals surface area contributed by atoms with Crippen LogP contribution in [0.15, 0.2) is 47.3 Å². The number of aryl methyl sites for hydroxylation is 2. The average Bonchev–Trinajstić information content (AvgIpc) is 3.73. The number of H-pyrrole nitrogens is 1. The highest BCUT2D eigenvalue weighted by atomic mass is 32.1. The molecule has 0 unspecified atom stereocenters. The van der Waals surface area contributed by atoms with Crippen molar-refractivity contribution >= 4 is 37.6 Å². The van der Waals surface area contributed by atoms with E-state index >= 15 is 0 Å². The summed E-state index contributed by atoms with van der Waals surface area (Å²) in [5, 5.41) is 15.3. The zero-order valence-corrected chi connectivity index (χ0v) is 23.1. The molecule has 39 heavy (non-hydrogen) atoms. The third-order valence-electron chi connectivity index (χ3n) is 8.43. The zero-order chi connectivity index (χ0) is 26.5. The van der Waals surface area contributed by atoms with Crippen molar-refractivity contribution in [1.29, 1.82) is 0 Å². The minimum atomic E-state index is -0.328. The van der Waals surface area contributed by atoms with E-state index in [1.807, 2.05) is 17.7 Å². The summed E-state index contributed by atoms with van der Waals surface area (Å²) in [5.74, 6) is 0.769. The molecule has 1 N–H and O–H groups in total. The van der Waals surface area contributed by atoms with E-state index in [-0.39, 0.29) is 17.6 Å². The smallest absolute Gasteiger partial charge is 0.253 e. The summed E-state index contributed by atoms with van der Waals surface area (Å²) >= 11 is 1.74. The third kappa shape index (κ3) is 4.31. The Morgan fingerprint density at radius 2 is 1.77 bits per heavy atom. The fourth-order valence-electron chi connectivity index (χ4n) is 6.25. The molecule has 0 spiro atoms. The van der Waals surface area contributed by atoms with Crippen molar-refractivity contribution in [2.24, 2.45) is 0 Å². The van der Waals surface area contributed by atoms with Gasteiger partial charge in [0.25, 0.3) is 5.56 Å². The lowest BCUT2D eigenvalue weighted by molar-refractivity contribution is 0.197. The number of benzene rings is 2. The molecule has 0 bridgehead atoms. The number of hydrogen-bond donors (Lipinski definition) is 1. The molecule has 1 aliphatic carbocycles. The highest BCUT2D eigenvalue weighted by Crippen LogP contribution is 2.36. The predicted octanol–water partition coefficient (Wildman–Crippen LogP) is 4.77. The van der Waals surface area contributed by atoms with Crippen LogP contribution in [0.25, 0.3) is 21.1 Å². The maximum Gasteiger partial charge on any atom is 0.253 e. The molecule has 2 aliphatic rings. The molecular formula is C29H32N8OS. The first kappa shape index (κ1) is 24.4. The summed E-state index contributed by atoms with van der Waals surface area (Å²) in [5.41, 5.74) is 4.79. The van der Waals surface area contributed by atoms with Gasteiger partial charge in [-0.2, -0.15) is 0 Å². The standard InChI is InChI=1S/C29H32N8OS/c1-18-11-12-19(2)25-21(18)17-22(28(38)31-25)26(27-32-33-34-37(27)20-7-3-4-8-20)35-13-15-36(16-14-35)29-30-23-9-5-6-10-24(23)39-29/h5-6,9-12,17,20,26H,3-4,7-8,13-16H2,1-2H3,(H,31,38)/t26-/m0/s1. The molecule has 4 heterocycles. The van der Waals surface area contributed by atoms with Gasteiger partial charge in [0.15, 0.2) is 11.0 Å². The Morgan fingerprint density at radius 1 is 1.00 bits per heavy atom. The van der Waals surface area contributed by atoms with Gasteiger partial charge in [-0.3, -0.25) is 9.69 Å². The number of hydrogen-bond acceptors (Lipinski definition) is 8. The van der Waals surface area contributed by atoms with Gasteiger partial charge in [0.1, 0.15) is 6.04 Å². The van der Waals surface area contributed by atoms with Crippen molar-refractivity contribution in [1.82, 2.24) is 35.1 Å². The van der Waals surface area contributed by atoms with Crippen LogP contribution in [0.1, 0.15) is 60.3 Å². The van der Waals surface area contributed by atoms with Gasteiger partial charge in [-0.1, -0.05) is 48.4 Å². The van der Waals surface area contributed by atoms with Crippen molar-refractivity contribution in [3.63, 3.8) is 0 Å². The highest BCUT2D eigenvalue weighted by Gasteiger charge is 2.35. The molecule has 5 aromatic rings. The normalized spacial score (nSPS) is 17.9. The summed E-state index contributed by atoms with van der Waals surface area (Å²) in [6.07, 6.45) is 4.51. The number of nitrogens with zero attached hydrogens (tertiary/aromatic N) is 7. The van der Waals surface area contributed by atoms with E-state index in [9.17, 15) is 4.79 Å². The molecule has 3 aromatic heterocycles. The molecule has 200 valence electrons. The van der Waals surface area contributed by atoms with Crippen LogP contribution in [0.5, 0.6) is 0 Å². The molecular weight excluding hydrogens is 508 g/mol. The molecule has 1 aliphatic heterocycles. The lowest BCUT2D eigenvalue weighted by Crippen LogP contribution is -2.49. The number of fused-ring (bicyclic) bond motifs is 2. The highest BCUT2D eigenvalue weighted by molar-refractivity contribution is 7.22. The van der Waals surface area contributed by atoms with E-state index < -0.39 is 0 Å². The quantitative estimate of drug-likeness (QED) is 0.343. The summed E-state index contributed by atoms with van der Waals surface area (Å²) in [6.45, 7) is 7.34. The number of aromatic amines is 1. The van der Waals surface area contributed by atoms with Crippen LogP contribution in [0, 0.1) is 13.8 Å². The second-order valence-electron chi connectivity index (χ2n) is 10.9. The number of thiazole rings is 1. The molecule has 2 aromatic carbocycles. The van der Waals surface area contributed by atoms with E-state index in [0.717, 1.165) is 77.5 Å². The van der Waals surface area contributed by atoms with Gasteiger partial charge >= 0.3 is 0 Å². The number of rotatable bonds is 5. The molecule has 1 saturated carbocycles. The number of nitrogens with one attached hydrogen (secondary N) is 1. The van der Waals surface area contributed by atoms with Gasteiger partial charge in [-0.05, 0) is 66.4 Å². The number of anilines is 1. The Hall–Kier alpha value is -3.63. The fourth-order valence-corrected chi connectivity index (χ4v) is 7.27. The van der Waals surface area contributed by atoms with Gasteiger partial charge in [0.2, 0.25) is 0 Å². The van der Waals surface area contributed by atoms with E-state index in [0.29, 0.717) is 5.56 Å². The SMILES string of the molecule is Cc1ccc(C)c2[nH]c(=O)c([C@@H](c3nnnn3C3CCCC3)N3CCN(c4nc5ccccc5s4)CC3)cc12. The third-order valence-corrected chi connectivity index (χ3v) is 9.53. The van der Waals surface area contributed by atoms with Crippen LogP contribution in [-0.2, 0) is 0 Å². The van der Waals surface area contributed by atoms with Crippen LogP contribution in [0.4, 0.5) is 5.13 Å². The van der Waals surface area contributed by atoms with Crippen molar-refractivity contribution < 1.29 is 0 Å². The summed E-state index contributed by atoms with van der Waals surface area (Å²) in [7, 11) is 0. The van der Waals surface area contributed by atoms with Crippen LogP contribution in [0.2, 0.25) is 0 Å². The average molecular weight is 541 g/mol. The minimum absolute atomic E-state index is 0.0734. The molecule has 1 atom stereocenters. The second-order valence-corrected chi connectivity index (χ2v) is 11.9.